The van der Waals surface area contributed by atoms with Gasteiger partial charge in [-0.05, 0) is 38.3 Å². The molecule has 0 unspecified atom stereocenters. The molecule has 1 aliphatic rings. The Morgan fingerprint density at radius 3 is 2.75 bits per heavy atom. The average Bonchev–Trinajstić information content (AvgIpc) is 2.97. The maximum absolute atomic E-state index is 9.77. The van der Waals surface area contributed by atoms with E-state index in [9.17, 15) is 4.79 Å². The Labute approximate surface area is 139 Å². The summed E-state index contributed by atoms with van der Waals surface area (Å²) in [6.45, 7) is 1.75. The van der Waals surface area contributed by atoms with Gasteiger partial charge < -0.3 is 9.15 Å². The van der Waals surface area contributed by atoms with E-state index in [2.05, 4.69) is 27.4 Å². The van der Waals surface area contributed by atoms with Gasteiger partial charge in [0.2, 0.25) is 6.41 Å². The molecule has 2 aromatic heterocycles. The number of pyridine rings is 1. The monoisotopic (exact) mass is 325 g/mol. The number of fused-ring (bicyclic) bond motifs is 1. The number of ether oxygens (including phenoxy) is 1. The largest absolute Gasteiger partial charge is 0.488 e. The van der Waals surface area contributed by atoms with Gasteiger partial charge >= 0.3 is 6.01 Å². The minimum atomic E-state index is 0.238. The molecular formula is C18H19N3O3. The van der Waals surface area contributed by atoms with Crippen LogP contribution < -0.4 is 10.1 Å². The third-order valence-corrected chi connectivity index (χ3v) is 3.75. The highest BCUT2D eigenvalue weighted by atomic mass is 16.5. The molecule has 0 atom stereocenters. The first-order chi connectivity index (χ1) is 11.8. The Balaban J connectivity index is 0.000000162. The molecule has 0 bridgehead atoms. The van der Waals surface area contributed by atoms with E-state index in [4.69, 9.17) is 9.15 Å². The topological polar surface area (TPSA) is 77.3 Å². The lowest BCUT2D eigenvalue weighted by molar-refractivity contribution is -0.105. The van der Waals surface area contributed by atoms with Crippen LogP contribution in [0.25, 0.3) is 10.9 Å². The van der Waals surface area contributed by atoms with Crippen molar-refractivity contribution in [1.82, 2.24) is 9.97 Å². The predicted molar refractivity (Wildman–Crippen MR) is 90.9 cm³/mol. The van der Waals surface area contributed by atoms with Crippen LogP contribution in [0, 0.1) is 6.92 Å². The fraction of sp³-hybridized carbons (Fsp3) is 0.278. The van der Waals surface area contributed by atoms with Crippen LogP contribution in [0.2, 0.25) is 0 Å². The number of carbonyl (C=O) groups is 1. The van der Waals surface area contributed by atoms with Crippen molar-refractivity contribution in [3.05, 3.63) is 48.5 Å². The van der Waals surface area contributed by atoms with E-state index in [1.165, 1.54) is 25.5 Å². The zero-order valence-corrected chi connectivity index (χ0v) is 13.4. The SMILES string of the molecule is Cc1cnc(NC=O)o1.c1cnc2c(OC3CCC3)cccc2c1. The van der Waals surface area contributed by atoms with E-state index in [-0.39, 0.29) is 6.01 Å². The van der Waals surface area contributed by atoms with Crippen molar-refractivity contribution >= 4 is 23.3 Å². The van der Waals surface area contributed by atoms with Gasteiger partial charge in [-0.3, -0.25) is 15.1 Å². The van der Waals surface area contributed by atoms with Gasteiger partial charge in [-0.25, -0.2) is 4.98 Å². The Kier molecular flexibility index (Phi) is 5.05. The van der Waals surface area contributed by atoms with Gasteiger partial charge in [0.25, 0.3) is 0 Å². The molecule has 1 aromatic carbocycles. The molecule has 1 saturated carbocycles. The number of benzene rings is 1. The Morgan fingerprint density at radius 1 is 1.25 bits per heavy atom. The van der Waals surface area contributed by atoms with E-state index in [1.807, 2.05) is 24.4 Å². The van der Waals surface area contributed by atoms with Crippen LogP contribution in [0.1, 0.15) is 25.0 Å². The molecule has 1 fully saturated rings. The molecule has 2 heterocycles. The van der Waals surface area contributed by atoms with E-state index in [1.54, 1.807) is 6.92 Å². The quantitative estimate of drug-likeness (QED) is 0.740. The summed E-state index contributed by atoms with van der Waals surface area (Å²) >= 11 is 0. The third kappa shape index (κ3) is 3.90. The van der Waals surface area contributed by atoms with Crippen molar-refractivity contribution in [3.8, 4) is 5.75 Å². The van der Waals surface area contributed by atoms with Crippen molar-refractivity contribution < 1.29 is 13.9 Å². The molecule has 6 nitrogen and oxygen atoms in total. The standard InChI is InChI=1S/C13H13NO.C5H6N2O2/c1-4-10-5-3-9-14-13(10)12(8-1)15-11-6-2-7-11;1-4-2-6-5(9-4)7-3-8/h1,3-5,8-9,11H,2,6-7H2;2-3H,1H3,(H,6,7,8). The number of aryl methyl sites for hydroxylation is 1. The fourth-order valence-electron chi connectivity index (χ4n) is 2.31. The first-order valence-corrected chi connectivity index (χ1v) is 7.89. The zero-order valence-electron chi connectivity index (χ0n) is 13.4. The number of carbonyl (C=O) groups excluding carboxylic acids is 1. The Bertz CT molecular complexity index is 807. The fourth-order valence-corrected chi connectivity index (χ4v) is 2.31. The minimum absolute atomic E-state index is 0.238. The van der Waals surface area contributed by atoms with Gasteiger partial charge in [-0.1, -0.05) is 18.2 Å². The average molecular weight is 325 g/mol. The number of hydrogen-bond donors (Lipinski definition) is 1. The van der Waals surface area contributed by atoms with Crippen molar-refractivity contribution in [2.24, 2.45) is 0 Å². The molecule has 0 aliphatic heterocycles. The Hall–Kier alpha value is -2.89. The third-order valence-electron chi connectivity index (χ3n) is 3.75. The maximum Gasteiger partial charge on any atom is 0.301 e. The summed E-state index contributed by atoms with van der Waals surface area (Å²) in [6.07, 6.45) is 7.94. The van der Waals surface area contributed by atoms with Crippen molar-refractivity contribution in [3.63, 3.8) is 0 Å². The lowest BCUT2D eigenvalue weighted by Gasteiger charge is -2.26. The van der Waals surface area contributed by atoms with Gasteiger partial charge in [0.15, 0.2) is 0 Å². The zero-order chi connectivity index (χ0) is 16.8. The Morgan fingerprint density at radius 2 is 2.08 bits per heavy atom. The number of aromatic nitrogens is 2. The molecule has 0 spiro atoms. The second-order valence-corrected chi connectivity index (χ2v) is 5.54. The molecule has 4 rings (SSSR count). The first kappa shape index (κ1) is 16.0. The summed E-state index contributed by atoms with van der Waals surface area (Å²) in [5.41, 5.74) is 0.979. The molecule has 6 heteroatoms. The molecule has 24 heavy (non-hydrogen) atoms. The first-order valence-electron chi connectivity index (χ1n) is 7.89. The lowest BCUT2D eigenvalue weighted by atomic mass is 9.96. The number of rotatable bonds is 4. The van der Waals surface area contributed by atoms with Gasteiger partial charge in [-0.15, -0.1) is 0 Å². The predicted octanol–water partition coefficient (Wildman–Crippen LogP) is 3.72. The minimum Gasteiger partial charge on any atom is -0.488 e. The highest BCUT2D eigenvalue weighted by molar-refractivity contribution is 5.84. The number of para-hydroxylation sites is 1. The number of nitrogens with zero attached hydrogens (tertiary/aromatic N) is 2. The summed E-state index contributed by atoms with van der Waals surface area (Å²) in [6, 6.07) is 10.4. The van der Waals surface area contributed by atoms with Gasteiger partial charge in [0.1, 0.15) is 17.0 Å². The van der Waals surface area contributed by atoms with Crippen LogP contribution in [0.5, 0.6) is 5.75 Å². The smallest absolute Gasteiger partial charge is 0.301 e. The van der Waals surface area contributed by atoms with Crippen molar-refractivity contribution in [2.75, 3.05) is 5.32 Å². The van der Waals surface area contributed by atoms with Crippen LogP contribution in [0.4, 0.5) is 6.01 Å². The molecule has 124 valence electrons. The number of anilines is 1. The molecule has 1 aliphatic carbocycles. The number of oxazole rings is 1. The van der Waals surface area contributed by atoms with Crippen LogP contribution in [0.15, 0.2) is 47.1 Å². The number of hydrogen-bond acceptors (Lipinski definition) is 5. The van der Waals surface area contributed by atoms with E-state index < -0.39 is 0 Å². The summed E-state index contributed by atoms with van der Waals surface area (Å²) in [7, 11) is 0. The van der Waals surface area contributed by atoms with Crippen molar-refractivity contribution in [2.45, 2.75) is 32.3 Å². The second kappa shape index (κ2) is 7.59. The highest BCUT2D eigenvalue weighted by Crippen LogP contribution is 2.29. The number of amides is 1. The normalized spacial score (nSPS) is 13.5. The second-order valence-electron chi connectivity index (χ2n) is 5.54. The molecule has 0 radical (unpaired) electrons. The molecular weight excluding hydrogens is 306 g/mol. The van der Waals surface area contributed by atoms with Crippen LogP contribution in [0.3, 0.4) is 0 Å². The van der Waals surface area contributed by atoms with Crippen molar-refractivity contribution in [1.29, 1.82) is 0 Å². The van der Waals surface area contributed by atoms with Crippen LogP contribution in [-0.4, -0.2) is 22.5 Å². The molecule has 0 saturated heterocycles. The van der Waals surface area contributed by atoms with Crippen LogP contribution >= 0.6 is 0 Å². The molecule has 3 aromatic rings. The van der Waals surface area contributed by atoms with Crippen LogP contribution in [-0.2, 0) is 4.79 Å². The highest BCUT2D eigenvalue weighted by Gasteiger charge is 2.19. The van der Waals surface area contributed by atoms with E-state index in [0.717, 1.165) is 16.7 Å². The summed E-state index contributed by atoms with van der Waals surface area (Å²) in [5.74, 6) is 1.61. The number of nitrogens with one attached hydrogen (secondary N) is 1. The van der Waals surface area contributed by atoms with E-state index in [0.29, 0.717) is 18.3 Å². The van der Waals surface area contributed by atoms with Gasteiger partial charge in [0.05, 0.1) is 12.3 Å². The van der Waals surface area contributed by atoms with Gasteiger partial charge in [0, 0.05) is 11.6 Å². The summed E-state index contributed by atoms with van der Waals surface area (Å²) in [5, 5.41) is 3.42. The molecule has 1 N–H and O–H groups in total. The summed E-state index contributed by atoms with van der Waals surface area (Å²) < 4.78 is 10.8. The van der Waals surface area contributed by atoms with Gasteiger partial charge in [-0.2, -0.15) is 0 Å². The maximum atomic E-state index is 9.77. The molecule has 1 amide bonds. The summed E-state index contributed by atoms with van der Waals surface area (Å²) in [4.78, 5) is 17.8. The lowest BCUT2D eigenvalue weighted by Crippen LogP contribution is -2.24. The van der Waals surface area contributed by atoms with E-state index >= 15 is 0 Å².